The lowest BCUT2D eigenvalue weighted by molar-refractivity contribution is 0.108. The van der Waals surface area contributed by atoms with Gasteiger partial charge >= 0.3 is 0 Å². The minimum Gasteiger partial charge on any atom is -0.317 e. The van der Waals surface area contributed by atoms with E-state index in [1.54, 1.807) is 0 Å². The molecule has 1 heteroatoms. The number of unbranched alkanes of at least 4 members (excludes halogenated alkanes) is 1. The second kappa shape index (κ2) is 6.64. The van der Waals surface area contributed by atoms with Gasteiger partial charge in [0, 0.05) is 0 Å². The number of hydrogen-bond donors (Lipinski definition) is 1. The molecule has 0 aromatic carbocycles. The van der Waals surface area contributed by atoms with E-state index in [2.05, 4.69) is 33.0 Å². The molecule has 2 atom stereocenters. The summed E-state index contributed by atoms with van der Waals surface area (Å²) in [5.41, 5.74) is 0.598. The number of nitrogens with one attached hydrogen (secondary N) is 1. The van der Waals surface area contributed by atoms with E-state index in [0.717, 1.165) is 18.4 Å². The fraction of sp³-hybridized carbons (Fsp3) is 1.00. The Labute approximate surface area is 102 Å². The Hall–Kier alpha value is -0.0400. The molecule has 2 unspecified atom stereocenters. The molecule has 0 bridgehead atoms. The number of rotatable bonds is 6. The zero-order valence-corrected chi connectivity index (χ0v) is 11.8. The second-order valence-corrected chi connectivity index (χ2v) is 6.38. The molecule has 0 saturated heterocycles. The third kappa shape index (κ3) is 4.45. The van der Waals surface area contributed by atoms with Crippen molar-refractivity contribution in [2.24, 2.45) is 17.3 Å². The van der Waals surface area contributed by atoms with Gasteiger partial charge in [-0.15, -0.1) is 0 Å². The van der Waals surface area contributed by atoms with Gasteiger partial charge in [0.05, 0.1) is 0 Å². The van der Waals surface area contributed by atoms with Gasteiger partial charge in [-0.2, -0.15) is 0 Å². The minimum absolute atomic E-state index is 0.598. The van der Waals surface area contributed by atoms with E-state index in [4.69, 9.17) is 0 Å². The maximum Gasteiger partial charge on any atom is -0.00180 e. The van der Waals surface area contributed by atoms with Crippen molar-refractivity contribution in [3.05, 3.63) is 0 Å². The summed E-state index contributed by atoms with van der Waals surface area (Å²) in [6.45, 7) is 11.8. The molecule has 1 fully saturated rings. The molecule has 0 spiro atoms. The maximum atomic E-state index is 3.55. The lowest BCUT2D eigenvalue weighted by atomic mass is 9.66. The van der Waals surface area contributed by atoms with Crippen molar-refractivity contribution in [3.8, 4) is 0 Å². The molecule has 0 aromatic heterocycles. The standard InChI is InChI=1S/C15H31N/c1-5-7-8-13-11-15(3,4)10-9-14(13)12-16-6-2/h13-14,16H,5-12H2,1-4H3. The summed E-state index contributed by atoms with van der Waals surface area (Å²) in [4.78, 5) is 0. The summed E-state index contributed by atoms with van der Waals surface area (Å²) in [6.07, 6.45) is 8.54. The van der Waals surface area contributed by atoms with Gasteiger partial charge in [0.1, 0.15) is 0 Å². The van der Waals surface area contributed by atoms with Crippen molar-refractivity contribution in [1.82, 2.24) is 5.32 Å². The van der Waals surface area contributed by atoms with E-state index in [1.807, 2.05) is 0 Å². The van der Waals surface area contributed by atoms with Crippen LogP contribution in [-0.4, -0.2) is 13.1 Å². The fourth-order valence-corrected chi connectivity index (χ4v) is 3.19. The average molecular weight is 225 g/mol. The van der Waals surface area contributed by atoms with Crippen LogP contribution in [0.4, 0.5) is 0 Å². The Balaban J connectivity index is 2.46. The first kappa shape index (κ1) is 14.0. The highest BCUT2D eigenvalue weighted by Crippen LogP contribution is 2.43. The molecular formula is C15H31N. The van der Waals surface area contributed by atoms with Crippen molar-refractivity contribution < 1.29 is 0 Å². The third-order valence-corrected chi connectivity index (χ3v) is 4.26. The molecule has 1 rings (SSSR count). The largest absolute Gasteiger partial charge is 0.317 e. The molecule has 0 amide bonds. The smallest absolute Gasteiger partial charge is 0.00180 e. The molecule has 1 aliphatic rings. The molecule has 16 heavy (non-hydrogen) atoms. The third-order valence-electron chi connectivity index (χ3n) is 4.26. The second-order valence-electron chi connectivity index (χ2n) is 6.38. The average Bonchev–Trinajstić information content (AvgIpc) is 2.24. The van der Waals surface area contributed by atoms with E-state index in [1.165, 1.54) is 45.1 Å². The lowest BCUT2D eigenvalue weighted by Crippen LogP contribution is -2.36. The zero-order chi connectivity index (χ0) is 12.0. The molecule has 1 saturated carbocycles. The Morgan fingerprint density at radius 2 is 1.94 bits per heavy atom. The Morgan fingerprint density at radius 3 is 2.56 bits per heavy atom. The first-order chi connectivity index (χ1) is 7.59. The maximum absolute atomic E-state index is 3.55. The van der Waals surface area contributed by atoms with Gasteiger partial charge in [0.15, 0.2) is 0 Å². The van der Waals surface area contributed by atoms with Crippen LogP contribution in [0.25, 0.3) is 0 Å². The van der Waals surface area contributed by atoms with Crippen molar-refractivity contribution >= 4 is 0 Å². The highest BCUT2D eigenvalue weighted by molar-refractivity contribution is 4.85. The van der Waals surface area contributed by atoms with E-state index in [-0.39, 0.29) is 0 Å². The monoisotopic (exact) mass is 225 g/mol. The van der Waals surface area contributed by atoms with Gasteiger partial charge in [-0.25, -0.2) is 0 Å². The van der Waals surface area contributed by atoms with Gasteiger partial charge in [-0.3, -0.25) is 0 Å². The van der Waals surface area contributed by atoms with Crippen molar-refractivity contribution in [2.45, 2.75) is 66.2 Å². The molecule has 96 valence electrons. The van der Waals surface area contributed by atoms with Crippen molar-refractivity contribution in [3.63, 3.8) is 0 Å². The molecule has 0 aromatic rings. The SMILES string of the molecule is CCCCC1CC(C)(C)CCC1CNCC. The Bertz CT molecular complexity index is 186. The molecule has 0 heterocycles. The fourth-order valence-electron chi connectivity index (χ4n) is 3.19. The molecular weight excluding hydrogens is 194 g/mol. The normalized spacial score (nSPS) is 29.2. The van der Waals surface area contributed by atoms with Crippen LogP contribution in [0, 0.1) is 17.3 Å². The quantitative estimate of drug-likeness (QED) is 0.713. The van der Waals surface area contributed by atoms with Crippen molar-refractivity contribution in [1.29, 1.82) is 0 Å². The summed E-state index contributed by atoms with van der Waals surface area (Å²) in [7, 11) is 0. The van der Waals surface area contributed by atoms with Crippen molar-refractivity contribution in [2.75, 3.05) is 13.1 Å². The van der Waals surface area contributed by atoms with Crippen LogP contribution < -0.4 is 5.32 Å². The lowest BCUT2D eigenvalue weighted by Gasteiger charge is -2.41. The van der Waals surface area contributed by atoms with Gasteiger partial charge in [0.2, 0.25) is 0 Å². The summed E-state index contributed by atoms with van der Waals surface area (Å²) in [5.74, 6) is 1.92. The van der Waals surface area contributed by atoms with Crippen LogP contribution in [0.2, 0.25) is 0 Å². The molecule has 0 radical (unpaired) electrons. The van der Waals surface area contributed by atoms with Gasteiger partial charge in [-0.1, -0.05) is 47.0 Å². The molecule has 1 nitrogen and oxygen atoms in total. The minimum atomic E-state index is 0.598. The van der Waals surface area contributed by atoms with Gasteiger partial charge < -0.3 is 5.32 Å². The first-order valence-corrected chi connectivity index (χ1v) is 7.29. The summed E-state index contributed by atoms with van der Waals surface area (Å²) < 4.78 is 0. The molecule has 1 N–H and O–H groups in total. The van der Waals surface area contributed by atoms with Crippen LogP contribution >= 0.6 is 0 Å². The molecule has 0 aliphatic heterocycles. The Morgan fingerprint density at radius 1 is 1.19 bits per heavy atom. The van der Waals surface area contributed by atoms with Gasteiger partial charge in [0.25, 0.3) is 0 Å². The predicted molar refractivity (Wildman–Crippen MR) is 72.7 cm³/mol. The highest BCUT2D eigenvalue weighted by atomic mass is 14.8. The van der Waals surface area contributed by atoms with Crippen LogP contribution in [0.15, 0.2) is 0 Å². The van der Waals surface area contributed by atoms with Crippen LogP contribution in [0.3, 0.4) is 0 Å². The first-order valence-electron chi connectivity index (χ1n) is 7.29. The summed E-state index contributed by atoms with van der Waals surface area (Å²) >= 11 is 0. The topological polar surface area (TPSA) is 12.0 Å². The van der Waals surface area contributed by atoms with E-state index >= 15 is 0 Å². The summed E-state index contributed by atoms with van der Waals surface area (Å²) in [5, 5.41) is 3.55. The Kier molecular flexibility index (Phi) is 5.82. The van der Waals surface area contributed by atoms with E-state index < -0.39 is 0 Å². The van der Waals surface area contributed by atoms with Crippen LogP contribution in [0.1, 0.15) is 66.2 Å². The van der Waals surface area contributed by atoms with E-state index in [0.29, 0.717) is 5.41 Å². The number of hydrogen-bond acceptors (Lipinski definition) is 1. The molecule has 1 aliphatic carbocycles. The zero-order valence-electron chi connectivity index (χ0n) is 11.8. The van der Waals surface area contributed by atoms with Crippen LogP contribution in [-0.2, 0) is 0 Å². The van der Waals surface area contributed by atoms with Gasteiger partial charge in [-0.05, 0) is 49.6 Å². The summed E-state index contributed by atoms with van der Waals surface area (Å²) in [6, 6.07) is 0. The highest BCUT2D eigenvalue weighted by Gasteiger charge is 2.33. The predicted octanol–water partition coefficient (Wildman–Crippen LogP) is 4.23. The van der Waals surface area contributed by atoms with Crippen LogP contribution in [0.5, 0.6) is 0 Å². The van der Waals surface area contributed by atoms with E-state index in [9.17, 15) is 0 Å².